The van der Waals surface area contributed by atoms with Gasteiger partial charge in [0.25, 0.3) is 0 Å². The van der Waals surface area contributed by atoms with Crippen molar-refractivity contribution in [2.75, 3.05) is 18.1 Å². The van der Waals surface area contributed by atoms with Crippen LogP contribution in [0.2, 0.25) is 0 Å². The molecule has 40 heavy (non-hydrogen) atoms. The highest BCUT2D eigenvalue weighted by atomic mass is 32.2. The molecule has 0 spiro atoms. The molecular weight excluding hydrogens is 546 g/mol. The van der Waals surface area contributed by atoms with E-state index in [1.807, 2.05) is 42.0 Å². The van der Waals surface area contributed by atoms with Gasteiger partial charge in [-0.1, -0.05) is 44.2 Å². The largest absolute Gasteiger partial charge is 0.368 e. The molecule has 2 aliphatic rings. The minimum absolute atomic E-state index is 0.120. The summed E-state index contributed by atoms with van der Waals surface area (Å²) in [7, 11) is 0. The van der Waals surface area contributed by atoms with Gasteiger partial charge < -0.3 is 26.6 Å². The fraction of sp³-hybridized carbons (Fsp3) is 0.517. The molecule has 2 aromatic rings. The Morgan fingerprint density at radius 1 is 1.10 bits per heavy atom. The van der Waals surface area contributed by atoms with Crippen LogP contribution < -0.4 is 21.7 Å². The molecule has 1 aromatic heterocycles. The van der Waals surface area contributed by atoms with Crippen LogP contribution in [-0.2, 0) is 20.8 Å². The number of nitrogens with one attached hydrogen (secondary N) is 3. The summed E-state index contributed by atoms with van der Waals surface area (Å²) in [5.74, 6) is -0.777. The van der Waals surface area contributed by atoms with Crippen molar-refractivity contribution in [3.8, 4) is 0 Å². The zero-order valence-electron chi connectivity index (χ0n) is 22.9. The van der Waals surface area contributed by atoms with E-state index in [0.29, 0.717) is 24.4 Å². The predicted octanol–water partition coefficient (Wildman–Crippen LogP) is 4.13. The van der Waals surface area contributed by atoms with Crippen LogP contribution >= 0.6 is 23.1 Å². The number of rotatable bonds is 10. The normalized spacial score (nSPS) is 20.4. The Labute approximate surface area is 244 Å². The van der Waals surface area contributed by atoms with Crippen LogP contribution in [0.3, 0.4) is 0 Å². The van der Waals surface area contributed by atoms with Crippen LogP contribution in [0.4, 0.5) is 10.5 Å². The van der Waals surface area contributed by atoms with Gasteiger partial charge >= 0.3 is 6.03 Å². The van der Waals surface area contributed by atoms with Crippen molar-refractivity contribution in [2.45, 2.75) is 80.8 Å². The number of nitrogens with two attached hydrogens (primary N) is 1. The molecule has 0 unspecified atom stereocenters. The number of nitrogens with zero attached hydrogens (tertiary/aromatic N) is 1. The first kappa shape index (κ1) is 29.9. The summed E-state index contributed by atoms with van der Waals surface area (Å²) in [6.45, 7) is 0.278. The van der Waals surface area contributed by atoms with Crippen molar-refractivity contribution in [2.24, 2.45) is 11.7 Å². The van der Waals surface area contributed by atoms with E-state index in [1.54, 1.807) is 17.8 Å². The number of piperidine rings is 1. The lowest BCUT2D eigenvalue weighted by molar-refractivity contribution is -0.132. The first-order valence-corrected chi connectivity index (χ1v) is 16.1. The maximum absolute atomic E-state index is 13.7. The number of hydrogen-bond acceptors (Lipinski definition) is 6. The molecule has 5 N–H and O–H groups in total. The number of amides is 5. The fourth-order valence-electron chi connectivity index (χ4n) is 5.60. The Balaban J connectivity index is 1.46. The van der Waals surface area contributed by atoms with E-state index < -0.39 is 29.9 Å². The van der Waals surface area contributed by atoms with Gasteiger partial charge in [0.1, 0.15) is 12.1 Å². The summed E-state index contributed by atoms with van der Waals surface area (Å²) in [6.07, 6.45) is 8.95. The summed E-state index contributed by atoms with van der Waals surface area (Å²) < 4.78 is 0. The molecule has 1 saturated carbocycles. The topological polar surface area (TPSA) is 134 Å². The Bertz CT molecular complexity index is 1170. The first-order valence-electron chi connectivity index (χ1n) is 14.0. The van der Waals surface area contributed by atoms with Crippen molar-refractivity contribution in [1.82, 2.24) is 15.5 Å². The molecule has 2 heterocycles. The van der Waals surface area contributed by atoms with Gasteiger partial charge in [0.05, 0.1) is 6.42 Å². The van der Waals surface area contributed by atoms with Crippen LogP contribution in [0, 0.1) is 5.92 Å². The SMILES string of the molecule is CSc1cccc(NC(=O)N2CC[C@H](NC(=O)Cc3cccs3)C[C@H]2C(=O)N[C@@H](CC2CCCCC2)C(N)=O)c1. The minimum Gasteiger partial charge on any atom is -0.368 e. The molecular formula is C29H39N5O4S2. The monoisotopic (exact) mass is 585 g/mol. The van der Waals surface area contributed by atoms with Gasteiger partial charge in [0, 0.05) is 28.0 Å². The Morgan fingerprint density at radius 3 is 2.60 bits per heavy atom. The van der Waals surface area contributed by atoms with Gasteiger partial charge in [-0.2, -0.15) is 0 Å². The number of thiophene rings is 1. The standard InChI is InChI=1S/C29H39N5O4S2/c1-39-22-10-5-9-20(16-22)32-29(38)34-13-12-21(31-26(35)18-23-11-6-14-40-23)17-25(34)28(37)33-24(27(30)36)15-19-7-3-2-4-8-19/h5-6,9-11,14,16,19,21,24-25H,2-4,7-8,12-13,15,17-18H2,1H3,(H2,30,36)(H,31,35)(H,32,38)(H,33,37)/t21-,24-,25-/m0/s1. The summed E-state index contributed by atoms with van der Waals surface area (Å²) >= 11 is 3.09. The number of likely N-dealkylation sites (tertiary alicyclic amines) is 1. The molecule has 0 bridgehead atoms. The molecule has 4 rings (SSSR count). The highest BCUT2D eigenvalue weighted by Gasteiger charge is 2.38. The second-order valence-electron chi connectivity index (χ2n) is 10.6. The molecule has 5 amide bonds. The van der Waals surface area contributed by atoms with Crippen LogP contribution in [0.15, 0.2) is 46.7 Å². The van der Waals surface area contributed by atoms with E-state index >= 15 is 0 Å². The summed E-state index contributed by atoms with van der Waals surface area (Å²) in [5, 5.41) is 10.7. The zero-order valence-corrected chi connectivity index (χ0v) is 24.5. The number of urea groups is 1. The average Bonchev–Trinajstić information content (AvgIpc) is 3.46. The second-order valence-corrected chi connectivity index (χ2v) is 12.5. The molecule has 0 radical (unpaired) electrons. The Kier molecular flexibility index (Phi) is 10.9. The van der Waals surface area contributed by atoms with E-state index in [1.165, 1.54) is 22.7 Å². The maximum Gasteiger partial charge on any atom is 0.322 e. The number of carbonyl (C=O) groups excluding carboxylic acids is 4. The molecule has 1 saturated heterocycles. The fourth-order valence-corrected chi connectivity index (χ4v) is 6.77. The van der Waals surface area contributed by atoms with Crippen molar-refractivity contribution >= 4 is 52.5 Å². The van der Waals surface area contributed by atoms with Crippen LogP contribution in [0.25, 0.3) is 0 Å². The number of thioether (sulfide) groups is 1. The number of hydrogen-bond donors (Lipinski definition) is 4. The van der Waals surface area contributed by atoms with E-state index in [9.17, 15) is 19.2 Å². The van der Waals surface area contributed by atoms with E-state index in [0.717, 1.165) is 35.5 Å². The molecule has 216 valence electrons. The van der Waals surface area contributed by atoms with Gasteiger partial charge in [-0.25, -0.2) is 4.79 Å². The van der Waals surface area contributed by atoms with Crippen molar-refractivity contribution in [3.05, 3.63) is 46.7 Å². The summed E-state index contributed by atoms with van der Waals surface area (Å²) in [4.78, 5) is 55.6. The van der Waals surface area contributed by atoms with Crippen LogP contribution in [0.1, 0.15) is 56.2 Å². The molecule has 1 aliphatic carbocycles. The highest BCUT2D eigenvalue weighted by molar-refractivity contribution is 7.98. The zero-order chi connectivity index (χ0) is 28.5. The lowest BCUT2D eigenvalue weighted by Crippen LogP contribution is -2.60. The van der Waals surface area contributed by atoms with Crippen molar-refractivity contribution in [3.63, 3.8) is 0 Å². The second kappa shape index (κ2) is 14.5. The average molecular weight is 586 g/mol. The third-order valence-electron chi connectivity index (χ3n) is 7.72. The molecule has 3 atom stereocenters. The minimum atomic E-state index is -0.863. The Morgan fingerprint density at radius 2 is 1.90 bits per heavy atom. The van der Waals surface area contributed by atoms with Gasteiger partial charge in [-0.15, -0.1) is 23.1 Å². The van der Waals surface area contributed by atoms with Crippen LogP contribution in [-0.4, -0.2) is 59.6 Å². The lowest BCUT2D eigenvalue weighted by Gasteiger charge is -2.39. The van der Waals surface area contributed by atoms with Crippen molar-refractivity contribution < 1.29 is 19.2 Å². The predicted molar refractivity (Wildman–Crippen MR) is 159 cm³/mol. The molecule has 9 nitrogen and oxygen atoms in total. The summed E-state index contributed by atoms with van der Waals surface area (Å²) in [5.41, 5.74) is 6.34. The summed E-state index contributed by atoms with van der Waals surface area (Å²) in [6, 6.07) is 8.98. The third kappa shape index (κ3) is 8.47. The van der Waals surface area contributed by atoms with Crippen molar-refractivity contribution in [1.29, 1.82) is 0 Å². The van der Waals surface area contributed by atoms with E-state index in [4.69, 9.17) is 5.73 Å². The number of anilines is 1. The highest BCUT2D eigenvalue weighted by Crippen LogP contribution is 2.28. The van der Waals surface area contributed by atoms with Gasteiger partial charge in [-0.05, 0) is 61.1 Å². The smallest absolute Gasteiger partial charge is 0.322 e. The third-order valence-corrected chi connectivity index (χ3v) is 9.32. The van der Waals surface area contributed by atoms with Crippen LogP contribution in [0.5, 0.6) is 0 Å². The van der Waals surface area contributed by atoms with Gasteiger partial charge in [0.15, 0.2) is 0 Å². The molecule has 1 aromatic carbocycles. The Hall–Kier alpha value is -3.05. The molecule has 2 fully saturated rings. The first-order chi connectivity index (χ1) is 19.3. The van der Waals surface area contributed by atoms with E-state index in [-0.39, 0.29) is 31.3 Å². The number of carbonyl (C=O) groups is 4. The quantitative estimate of drug-likeness (QED) is 0.311. The van der Waals surface area contributed by atoms with E-state index in [2.05, 4.69) is 16.0 Å². The number of primary amides is 1. The van der Waals surface area contributed by atoms with Gasteiger partial charge in [0.2, 0.25) is 17.7 Å². The number of benzene rings is 1. The lowest BCUT2D eigenvalue weighted by atomic mass is 9.84. The van der Waals surface area contributed by atoms with Gasteiger partial charge in [-0.3, -0.25) is 14.4 Å². The maximum atomic E-state index is 13.7. The molecule has 1 aliphatic heterocycles. The molecule has 11 heteroatoms.